The van der Waals surface area contributed by atoms with Gasteiger partial charge < -0.3 is 0 Å². The number of carbonyl (C=O) groups excluding carboxylic acids is 1. The Hall–Kier alpha value is -1.68. The lowest BCUT2D eigenvalue weighted by molar-refractivity contribution is -0.121. The van der Waals surface area contributed by atoms with Gasteiger partial charge in [-0.25, -0.2) is 0 Å². The number of rotatable bonds is 5. The fraction of sp³-hybridized carbons (Fsp3) is 0.0526. The number of halogens is 2. The first-order valence-corrected chi connectivity index (χ1v) is 11.8. The molecular weight excluding hydrogens is 528 g/mol. The summed E-state index contributed by atoms with van der Waals surface area (Å²) >= 11 is 7.67. The number of benzene rings is 2. The Morgan fingerprint density at radius 2 is 1.61 bits per heavy atom. The van der Waals surface area contributed by atoms with Gasteiger partial charge in [0.15, 0.2) is 5.17 Å². The number of nitrogens with zero attached hydrogens (tertiary/aromatic N) is 2. The number of amidine groups is 1. The lowest BCUT2D eigenvalue weighted by atomic mass is 10.2. The standard InChI is InChI=1S/C19H14Br2N2O3S2/c1-2-11-23-18(24)17(12-13-3-5-14(20)6-4-13)27-19(23)22-28(25,26)16-9-7-15(21)8-10-16/h2-10,12H,1,11H2/b17-12-,22-19+. The number of amides is 1. The fourth-order valence-electron chi connectivity index (χ4n) is 2.34. The third-order valence-corrected chi connectivity index (χ3v) is 7.14. The van der Waals surface area contributed by atoms with Gasteiger partial charge in [0, 0.05) is 15.5 Å². The van der Waals surface area contributed by atoms with E-state index >= 15 is 0 Å². The predicted molar refractivity (Wildman–Crippen MR) is 120 cm³/mol. The summed E-state index contributed by atoms with van der Waals surface area (Å²) < 4.78 is 30.9. The second kappa shape index (κ2) is 8.77. The largest absolute Gasteiger partial charge is 0.284 e. The predicted octanol–water partition coefficient (Wildman–Crippen LogP) is 5.06. The van der Waals surface area contributed by atoms with Crippen molar-refractivity contribution in [3.8, 4) is 0 Å². The van der Waals surface area contributed by atoms with Crippen LogP contribution in [0.1, 0.15) is 5.56 Å². The van der Waals surface area contributed by atoms with Crippen LogP contribution in [-0.4, -0.2) is 30.9 Å². The average molecular weight is 542 g/mol. The first-order chi connectivity index (χ1) is 13.3. The first-order valence-electron chi connectivity index (χ1n) is 7.98. The Kier molecular flexibility index (Phi) is 6.59. The second-order valence-electron chi connectivity index (χ2n) is 5.67. The quantitative estimate of drug-likeness (QED) is 0.392. The van der Waals surface area contributed by atoms with Gasteiger partial charge in [-0.2, -0.15) is 8.42 Å². The third-order valence-electron chi connectivity index (χ3n) is 3.68. The average Bonchev–Trinajstić information content (AvgIpc) is 2.92. The van der Waals surface area contributed by atoms with E-state index in [4.69, 9.17) is 0 Å². The van der Waals surface area contributed by atoms with Crippen molar-refractivity contribution in [2.75, 3.05) is 6.54 Å². The van der Waals surface area contributed by atoms with Crippen LogP contribution in [0.15, 0.2) is 84.3 Å². The SMILES string of the molecule is C=CCN1C(=O)/C(=C/c2ccc(Br)cc2)S/C1=N/S(=O)(=O)c1ccc(Br)cc1. The van der Waals surface area contributed by atoms with E-state index in [9.17, 15) is 13.2 Å². The van der Waals surface area contributed by atoms with Crippen LogP contribution >= 0.6 is 43.6 Å². The highest BCUT2D eigenvalue weighted by molar-refractivity contribution is 9.10. The summed E-state index contributed by atoms with van der Waals surface area (Å²) in [5, 5.41) is 0.108. The van der Waals surface area contributed by atoms with E-state index in [1.807, 2.05) is 24.3 Å². The highest BCUT2D eigenvalue weighted by Gasteiger charge is 2.34. The van der Waals surface area contributed by atoms with E-state index < -0.39 is 10.0 Å². The highest BCUT2D eigenvalue weighted by atomic mass is 79.9. The van der Waals surface area contributed by atoms with Crippen molar-refractivity contribution in [2.45, 2.75) is 4.90 Å². The monoisotopic (exact) mass is 540 g/mol. The third kappa shape index (κ3) is 4.83. The number of hydrogen-bond acceptors (Lipinski definition) is 4. The molecule has 0 aliphatic carbocycles. The van der Waals surface area contributed by atoms with Crippen LogP contribution in [0.25, 0.3) is 6.08 Å². The Labute approximate surface area is 184 Å². The Morgan fingerprint density at radius 1 is 1.04 bits per heavy atom. The molecule has 1 aliphatic rings. The number of hydrogen-bond donors (Lipinski definition) is 0. The maximum absolute atomic E-state index is 12.7. The normalized spacial score (nSPS) is 17.5. The lowest BCUT2D eigenvalue weighted by Gasteiger charge is -2.12. The van der Waals surface area contributed by atoms with Crippen molar-refractivity contribution in [1.29, 1.82) is 0 Å². The zero-order chi connectivity index (χ0) is 20.3. The molecule has 0 N–H and O–H groups in total. The van der Waals surface area contributed by atoms with Crippen molar-refractivity contribution >= 4 is 70.8 Å². The summed E-state index contributed by atoms with van der Waals surface area (Å²) in [6, 6.07) is 13.6. The molecule has 0 saturated carbocycles. The van der Waals surface area contributed by atoms with Crippen LogP contribution in [0.5, 0.6) is 0 Å². The minimum Gasteiger partial charge on any atom is -0.282 e. The maximum Gasteiger partial charge on any atom is 0.284 e. The molecular formula is C19H14Br2N2O3S2. The molecule has 0 bridgehead atoms. The molecule has 5 nitrogen and oxygen atoms in total. The second-order valence-corrected chi connectivity index (χ2v) is 10.1. The Bertz CT molecular complexity index is 1080. The van der Waals surface area contributed by atoms with Crippen LogP contribution in [-0.2, 0) is 14.8 Å². The Morgan fingerprint density at radius 3 is 2.18 bits per heavy atom. The molecule has 0 radical (unpaired) electrons. The van der Waals surface area contributed by atoms with Gasteiger partial charge in [-0.1, -0.05) is 50.1 Å². The molecule has 0 spiro atoms. The van der Waals surface area contributed by atoms with Gasteiger partial charge in [-0.15, -0.1) is 11.0 Å². The summed E-state index contributed by atoms with van der Waals surface area (Å²) in [6.45, 7) is 3.80. The molecule has 9 heteroatoms. The number of sulfonamides is 1. The van der Waals surface area contributed by atoms with Crippen LogP contribution in [0.3, 0.4) is 0 Å². The van der Waals surface area contributed by atoms with Gasteiger partial charge in [0.05, 0.1) is 9.80 Å². The summed E-state index contributed by atoms with van der Waals surface area (Å²) in [4.78, 5) is 14.5. The van der Waals surface area contributed by atoms with E-state index in [-0.39, 0.29) is 22.5 Å². The van der Waals surface area contributed by atoms with Crippen LogP contribution in [0.2, 0.25) is 0 Å². The molecule has 1 aliphatic heterocycles. The molecule has 0 unspecified atom stereocenters. The molecule has 1 fully saturated rings. The zero-order valence-corrected chi connectivity index (χ0v) is 19.2. The van der Waals surface area contributed by atoms with Crippen molar-refractivity contribution in [2.24, 2.45) is 4.40 Å². The van der Waals surface area contributed by atoms with Gasteiger partial charge in [-0.3, -0.25) is 9.69 Å². The molecule has 1 heterocycles. The number of thioether (sulfide) groups is 1. The molecule has 3 rings (SSSR count). The van der Waals surface area contributed by atoms with Crippen molar-refractivity contribution in [1.82, 2.24) is 4.90 Å². The molecule has 28 heavy (non-hydrogen) atoms. The molecule has 2 aromatic rings. The molecule has 0 atom stereocenters. The molecule has 1 saturated heterocycles. The van der Waals surface area contributed by atoms with Crippen LogP contribution in [0, 0.1) is 0 Å². The van der Waals surface area contributed by atoms with Crippen LogP contribution < -0.4 is 0 Å². The summed E-state index contributed by atoms with van der Waals surface area (Å²) in [5.41, 5.74) is 0.828. The van der Waals surface area contributed by atoms with E-state index in [1.165, 1.54) is 23.1 Å². The lowest BCUT2D eigenvalue weighted by Crippen LogP contribution is -2.29. The summed E-state index contributed by atoms with van der Waals surface area (Å²) in [7, 11) is -3.95. The first kappa shape index (κ1) is 21.0. The minimum absolute atomic E-state index is 0.0557. The topological polar surface area (TPSA) is 66.8 Å². The fourth-order valence-corrected chi connectivity index (χ4v) is 5.06. The number of carbonyl (C=O) groups is 1. The van der Waals surface area contributed by atoms with Gasteiger partial charge in [-0.05, 0) is 59.8 Å². The minimum atomic E-state index is -3.95. The van der Waals surface area contributed by atoms with E-state index in [0.29, 0.717) is 4.91 Å². The van der Waals surface area contributed by atoms with Gasteiger partial charge >= 0.3 is 0 Å². The summed E-state index contributed by atoms with van der Waals surface area (Å²) in [6.07, 6.45) is 3.24. The zero-order valence-electron chi connectivity index (χ0n) is 14.4. The van der Waals surface area contributed by atoms with Gasteiger partial charge in [0.1, 0.15) is 0 Å². The smallest absolute Gasteiger partial charge is 0.282 e. The van der Waals surface area contributed by atoms with Crippen molar-refractivity contribution in [3.63, 3.8) is 0 Å². The molecule has 1 amide bonds. The van der Waals surface area contributed by atoms with E-state index in [1.54, 1.807) is 18.2 Å². The van der Waals surface area contributed by atoms with E-state index in [0.717, 1.165) is 26.3 Å². The van der Waals surface area contributed by atoms with Gasteiger partial charge in [0.25, 0.3) is 15.9 Å². The van der Waals surface area contributed by atoms with Crippen molar-refractivity contribution < 1.29 is 13.2 Å². The van der Waals surface area contributed by atoms with Crippen molar-refractivity contribution in [3.05, 3.63) is 80.6 Å². The molecule has 2 aromatic carbocycles. The van der Waals surface area contributed by atoms with Crippen LogP contribution in [0.4, 0.5) is 0 Å². The summed E-state index contributed by atoms with van der Waals surface area (Å²) in [5.74, 6) is -0.308. The highest BCUT2D eigenvalue weighted by Crippen LogP contribution is 2.34. The van der Waals surface area contributed by atoms with E-state index in [2.05, 4.69) is 42.8 Å². The molecule has 144 valence electrons. The Balaban J connectivity index is 1.98. The molecule has 0 aromatic heterocycles. The van der Waals surface area contributed by atoms with Gasteiger partial charge in [0.2, 0.25) is 0 Å². The maximum atomic E-state index is 12.7.